The van der Waals surface area contributed by atoms with Crippen molar-refractivity contribution in [3.8, 4) is 39.1 Å². The molecule has 10 aromatic carbocycles. The molecule has 0 saturated carbocycles. The third-order valence-corrected chi connectivity index (χ3v) is 11.6. The summed E-state index contributed by atoms with van der Waals surface area (Å²) in [4.78, 5) is 2.48. The first kappa shape index (κ1) is 33.6. The van der Waals surface area contributed by atoms with Crippen LogP contribution in [0.15, 0.2) is 231 Å². The molecule has 0 radical (unpaired) electrons. The van der Waals surface area contributed by atoms with Gasteiger partial charge in [-0.25, -0.2) is 0 Å². The van der Waals surface area contributed by atoms with Crippen LogP contribution in [0.4, 0.5) is 17.1 Å². The molecule has 2 nitrogen and oxygen atoms in total. The molecular weight excluding hydrogens is 701 g/mol. The lowest BCUT2D eigenvalue weighted by Gasteiger charge is -2.30. The summed E-state index contributed by atoms with van der Waals surface area (Å²) in [5.74, 6) is 0. The number of hydrogen-bond donors (Lipinski definition) is 0. The Bertz CT molecular complexity index is 3280. The molecule has 0 aliphatic carbocycles. The Morgan fingerprint density at radius 3 is 1.67 bits per heavy atom. The zero-order valence-corrected chi connectivity index (χ0v) is 31.8. The minimum atomic E-state index is 1.08. The molecule has 0 aliphatic heterocycles. The van der Waals surface area contributed by atoms with Gasteiger partial charge in [0.15, 0.2) is 0 Å². The smallest absolute Gasteiger partial charge is 0.0562 e. The Morgan fingerprint density at radius 2 is 0.862 bits per heavy atom. The standard InChI is InChI=1S/C56H38N2/c1-3-18-39(19-4-1)44-36-37-55(49-27-10-9-26-46(44)49)57(53-32-15-12-28-48(53)47-30-17-23-40-22-7-8-24-43(40)47)42-34-35-51-50-29-13-16-33-54(50)58(56(51)38-42)52-31-14-11-25-45(52)41-20-5-2-6-21-41/h1-38H. The van der Waals surface area contributed by atoms with Crippen LogP contribution >= 0.6 is 0 Å². The number of nitrogens with zero attached hydrogens (tertiary/aromatic N) is 2. The SMILES string of the molecule is c1ccc(-c2ccccc2-n2c3ccccc3c3ccc(N(c4ccccc4-c4cccc5ccccc45)c4ccc(-c5ccccc5)c5ccccc45)cc32)cc1. The van der Waals surface area contributed by atoms with Crippen LogP contribution in [0.3, 0.4) is 0 Å². The number of para-hydroxylation sites is 3. The average molecular weight is 739 g/mol. The van der Waals surface area contributed by atoms with Crippen LogP contribution in [-0.2, 0) is 0 Å². The first-order chi connectivity index (χ1) is 28.8. The van der Waals surface area contributed by atoms with Crippen LogP contribution in [0.5, 0.6) is 0 Å². The largest absolute Gasteiger partial charge is 0.309 e. The molecule has 0 atom stereocenters. The molecular formula is C56H38N2. The molecule has 0 aliphatic rings. The van der Waals surface area contributed by atoms with Crippen molar-refractivity contribution in [2.45, 2.75) is 0 Å². The van der Waals surface area contributed by atoms with Gasteiger partial charge in [-0.05, 0) is 74.8 Å². The van der Waals surface area contributed by atoms with Gasteiger partial charge in [0, 0.05) is 33.0 Å². The Kier molecular flexibility index (Phi) is 8.19. The van der Waals surface area contributed by atoms with E-state index in [-0.39, 0.29) is 0 Å². The highest BCUT2D eigenvalue weighted by Gasteiger charge is 2.23. The maximum Gasteiger partial charge on any atom is 0.0562 e. The molecule has 0 amide bonds. The van der Waals surface area contributed by atoms with Crippen LogP contribution < -0.4 is 4.90 Å². The molecule has 1 heterocycles. The van der Waals surface area contributed by atoms with Crippen molar-refractivity contribution in [1.29, 1.82) is 0 Å². The number of rotatable bonds is 7. The zero-order chi connectivity index (χ0) is 38.4. The van der Waals surface area contributed by atoms with Crippen LogP contribution in [0.1, 0.15) is 0 Å². The predicted octanol–water partition coefficient (Wildman–Crippen LogP) is 15.6. The van der Waals surface area contributed by atoms with Gasteiger partial charge in [0.05, 0.1) is 28.1 Å². The molecule has 11 rings (SSSR count). The molecule has 0 N–H and O–H groups in total. The zero-order valence-electron chi connectivity index (χ0n) is 31.8. The van der Waals surface area contributed by atoms with Gasteiger partial charge < -0.3 is 9.47 Å². The van der Waals surface area contributed by atoms with Gasteiger partial charge in [0.2, 0.25) is 0 Å². The summed E-state index contributed by atoms with van der Waals surface area (Å²) in [5, 5.41) is 7.30. The van der Waals surface area contributed by atoms with E-state index in [1.165, 1.54) is 71.2 Å². The highest BCUT2D eigenvalue weighted by atomic mass is 15.1. The normalized spacial score (nSPS) is 11.4. The van der Waals surface area contributed by atoms with E-state index >= 15 is 0 Å². The van der Waals surface area contributed by atoms with E-state index in [1.807, 2.05) is 0 Å². The summed E-state index contributed by atoms with van der Waals surface area (Å²) in [6.07, 6.45) is 0. The summed E-state index contributed by atoms with van der Waals surface area (Å²) in [7, 11) is 0. The van der Waals surface area contributed by atoms with Gasteiger partial charge in [0.1, 0.15) is 0 Å². The fourth-order valence-corrected chi connectivity index (χ4v) is 9.00. The van der Waals surface area contributed by atoms with Crippen molar-refractivity contribution < 1.29 is 0 Å². The lowest BCUT2D eigenvalue weighted by Crippen LogP contribution is -2.12. The van der Waals surface area contributed by atoms with Crippen molar-refractivity contribution in [3.05, 3.63) is 231 Å². The predicted molar refractivity (Wildman–Crippen MR) is 247 cm³/mol. The van der Waals surface area contributed by atoms with E-state index in [1.54, 1.807) is 0 Å². The third-order valence-electron chi connectivity index (χ3n) is 11.6. The van der Waals surface area contributed by atoms with Crippen LogP contribution in [-0.4, -0.2) is 4.57 Å². The minimum Gasteiger partial charge on any atom is -0.309 e. The molecule has 0 unspecified atom stereocenters. The van der Waals surface area contributed by atoms with E-state index in [0.717, 1.165) is 28.3 Å². The molecule has 0 fully saturated rings. The van der Waals surface area contributed by atoms with Gasteiger partial charge >= 0.3 is 0 Å². The van der Waals surface area contributed by atoms with Crippen molar-refractivity contribution in [2.24, 2.45) is 0 Å². The van der Waals surface area contributed by atoms with E-state index in [4.69, 9.17) is 0 Å². The lowest BCUT2D eigenvalue weighted by molar-refractivity contribution is 1.18. The van der Waals surface area contributed by atoms with Crippen LogP contribution in [0.25, 0.3) is 82.4 Å². The maximum absolute atomic E-state index is 2.48. The number of fused-ring (bicyclic) bond motifs is 5. The Hall–Kier alpha value is -7.68. The molecule has 11 aromatic rings. The quantitative estimate of drug-likeness (QED) is 0.158. The molecule has 0 spiro atoms. The van der Waals surface area contributed by atoms with Crippen molar-refractivity contribution in [2.75, 3.05) is 4.90 Å². The molecule has 58 heavy (non-hydrogen) atoms. The second-order valence-electron chi connectivity index (χ2n) is 14.9. The highest BCUT2D eigenvalue weighted by Crippen LogP contribution is 2.47. The fraction of sp³-hybridized carbons (Fsp3) is 0. The monoisotopic (exact) mass is 738 g/mol. The van der Waals surface area contributed by atoms with Gasteiger partial charge in [-0.3, -0.25) is 0 Å². The molecule has 0 saturated heterocycles. The summed E-state index contributed by atoms with van der Waals surface area (Å²) < 4.78 is 2.46. The highest BCUT2D eigenvalue weighted by molar-refractivity contribution is 6.13. The van der Waals surface area contributed by atoms with E-state index in [2.05, 4.69) is 240 Å². The molecule has 272 valence electrons. The summed E-state index contributed by atoms with van der Waals surface area (Å²) in [6.45, 7) is 0. The topological polar surface area (TPSA) is 8.17 Å². The van der Waals surface area contributed by atoms with Crippen molar-refractivity contribution >= 4 is 60.4 Å². The maximum atomic E-state index is 2.48. The Labute approximate surface area is 338 Å². The Morgan fingerprint density at radius 1 is 0.293 bits per heavy atom. The first-order valence-electron chi connectivity index (χ1n) is 19.9. The van der Waals surface area contributed by atoms with Gasteiger partial charge in [-0.2, -0.15) is 0 Å². The van der Waals surface area contributed by atoms with E-state index in [9.17, 15) is 0 Å². The molecule has 2 heteroatoms. The van der Waals surface area contributed by atoms with Crippen molar-refractivity contribution in [3.63, 3.8) is 0 Å². The summed E-state index contributed by atoms with van der Waals surface area (Å²) in [5.41, 5.74) is 14.0. The van der Waals surface area contributed by atoms with E-state index in [0.29, 0.717) is 0 Å². The number of benzene rings is 10. The summed E-state index contributed by atoms with van der Waals surface area (Å²) in [6, 6.07) is 83.8. The number of hydrogen-bond acceptors (Lipinski definition) is 1. The molecule has 0 bridgehead atoms. The Balaban J connectivity index is 1.22. The molecule has 1 aromatic heterocycles. The van der Waals surface area contributed by atoms with Crippen molar-refractivity contribution in [1.82, 2.24) is 4.57 Å². The van der Waals surface area contributed by atoms with Gasteiger partial charge in [0.25, 0.3) is 0 Å². The fourth-order valence-electron chi connectivity index (χ4n) is 9.00. The van der Waals surface area contributed by atoms with Crippen LogP contribution in [0.2, 0.25) is 0 Å². The van der Waals surface area contributed by atoms with E-state index < -0.39 is 0 Å². The summed E-state index contributed by atoms with van der Waals surface area (Å²) >= 11 is 0. The first-order valence-corrected chi connectivity index (χ1v) is 19.9. The third kappa shape index (κ3) is 5.57. The number of anilines is 3. The average Bonchev–Trinajstić information content (AvgIpc) is 3.63. The number of aromatic nitrogens is 1. The second kappa shape index (κ2) is 14.1. The van der Waals surface area contributed by atoms with Gasteiger partial charge in [-0.15, -0.1) is 0 Å². The van der Waals surface area contributed by atoms with Crippen LogP contribution in [0, 0.1) is 0 Å². The minimum absolute atomic E-state index is 1.08. The van der Waals surface area contributed by atoms with Gasteiger partial charge in [-0.1, -0.05) is 194 Å². The second-order valence-corrected chi connectivity index (χ2v) is 14.9. The lowest BCUT2D eigenvalue weighted by atomic mass is 9.94.